The lowest BCUT2D eigenvalue weighted by atomic mass is 9.98. The summed E-state index contributed by atoms with van der Waals surface area (Å²) in [6.45, 7) is 3.68. The van der Waals surface area contributed by atoms with Crippen molar-refractivity contribution in [1.82, 2.24) is 0 Å². The summed E-state index contributed by atoms with van der Waals surface area (Å²) in [7, 11) is 0. The lowest BCUT2D eigenvalue weighted by molar-refractivity contribution is -0.116. The molecule has 1 N–H and O–H groups in total. The Hall–Kier alpha value is -1.35. The molecule has 1 aromatic rings. The Kier molecular flexibility index (Phi) is 4.15. The van der Waals surface area contributed by atoms with E-state index in [9.17, 15) is 4.79 Å². The van der Waals surface area contributed by atoms with Gasteiger partial charge in [0.1, 0.15) is 0 Å². The zero-order valence-corrected chi connectivity index (χ0v) is 10.2. The van der Waals surface area contributed by atoms with E-state index in [-0.39, 0.29) is 5.91 Å². The number of carbonyl (C=O) groups is 1. The molecule has 0 aliphatic carbocycles. The van der Waals surface area contributed by atoms with E-state index in [1.165, 1.54) is 5.56 Å². The molecule has 1 saturated heterocycles. The number of carbonyl (C=O) groups excluding carboxylic acids is 1. The van der Waals surface area contributed by atoms with Crippen LogP contribution in [-0.4, -0.2) is 19.1 Å². The monoisotopic (exact) mass is 233 g/mol. The van der Waals surface area contributed by atoms with Crippen molar-refractivity contribution in [1.29, 1.82) is 0 Å². The highest BCUT2D eigenvalue weighted by molar-refractivity contribution is 5.90. The van der Waals surface area contributed by atoms with Crippen LogP contribution in [0.2, 0.25) is 0 Å². The Labute approximate surface area is 102 Å². The molecule has 1 fully saturated rings. The molecule has 1 amide bonds. The summed E-state index contributed by atoms with van der Waals surface area (Å²) in [5.74, 6) is 0.611. The summed E-state index contributed by atoms with van der Waals surface area (Å²) in [6, 6.07) is 8.12. The van der Waals surface area contributed by atoms with Crippen molar-refractivity contribution in [2.24, 2.45) is 0 Å². The molecule has 1 aliphatic rings. The Balaban J connectivity index is 1.95. The molecule has 17 heavy (non-hydrogen) atoms. The van der Waals surface area contributed by atoms with E-state index in [4.69, 9.17) is 4.74 Å². The molecule has 3 nitrogen and oxygen atoms in total. The van der Waals surface area contributed by atoms with E-state index in [2.05, 4.69) is 17.4 Å². The molecule has 3 heteroatoms. The summed E-state index contributed by atoms with van der Waals surface area (Å²) >= 11 is 0. The standard InChI is InChI=1S/C14H19NO2/c1-2-3-14(16)15-13-6-4-11(5-7-13)12-8-9-17-10-12/h4-7,12H,2-3,8-10H2,1H3,(H,15,16). The van der Waals surface area contributed by atoms with E-state index in [1.54, 1.807) is 0 Å². The number of hydrogen-bond donors (Lipinski definition) is 1. The first-order chi connectivity index (χ1) is 8.29. The third kappa shape index (κ3) is 3.30. The van der Waals surface area contributed by atoms with Crippen molar-refractivity contribution in [2.45, 2.75) is 32.1 Å². The molecule has 2 rings (SSSR count). The number of anilines is 1. The van der Waals surface area contributed by atoms with Crippen molar-refractivity contribution in [3.63, 3.8) is 0 Å². The molecule has 0 radical (unpaired) electrons. The van der Waals surface area contributed by atoms with Crippen LogP contribution in [0.25, 0.3) is 0 Å². The van der Waals surface area contributed by atoms with Crippen molar-refractivity contribution >= 4 is 11.6 Å². The van der Waals surface area contributed by atoms with Gasteiger partial charge in [0.15, 0.2) is 0 Å². The molecular weight excluding hydrogens is 214 g/mol. The first-order valence-corrected chi connectivity index (χ1v) is 6.27. The number of ether oxygens (including phenoxy) is 1. The molecule has 1 atom stereocenters. The molecule has 0 saturated carbocycles. The van der Waals surface area contributed by atoms with Crippen LogP contribution < -0.4 is 5.32 Å². The summed E-state index contributed by atoms with van der Waals surface area (Å²) < 4.78 is 5.37. The van der Waals surface area contributed by atoms with Crippen molar-refractivity contribution in [3.8, 4) is 0 Å². The quantitative estimate of drug-likeness (QED) is 0.868. The first kappa shape index (κ1) is 12.1. The van der Waals surface area contributed by atoms with Gasteiger partial charge in [-0.1, -0.05) is 19.1 Å². The fourth-order valence-corrected chi connectivity index (χ4v) is 2.09. The van der Waals surface area contributed by atoms with Gasteiger partial charge in [-0.2, -0.15) is 0 Å². The highest BCUT2D eigenvalue weighted by atomic mass is 16.5. The predicted octanol–water partition coefficient (Wildman–Crippen LogP) is 2.93. The molecule has 0 spiro atoms. The summed E-state index contributed by atoms with van der Waals surface area (Å²) in [4.78, 5) is 11.4. The number of hydrogen-bond acceptors (Lipinski definition) is 2. The number of rotatable bonds is 4. The lowest BCUT2D eigenvalue weighted by Crippen LogP contribution is -2.10. The smallest absolute Gasteiger partial charge is 0.224 e. The zero-order chi connectivity index (χ0) is 12.1. The van der Waals surface area contributed by atoms with Crippen LogP contribution in [0.5, 0.6) is 0 Å². The number of benzene rings is 1. The van der Waals surface area contributed by atoms with Gasteiger partial charge in [-0.3, -0.25) is 4.79 Å². The average molecular weight is 233 g/mol. The normalized spacial score (nSPS) is 19.2. The fourth-order valence-electron chi connectivity index (χ4n) is 2.09. The van der Waals surface area contributed by atoms with E-state index < -0.39 is 0 Å². The van der Waals surface area contributed by atoms with Gasteiger partial charge in [0.05, 0.1) is 6.61 Å². The molecule has 1 heterocycles. The molecule has 1 aromatic carbocycles. The Morgan fingerprint density at radius 2 is 2.18 bits per heavy atom. The van der Waals surface area contributed by atoms with Gasteiger partial charge in [0.2, 0.25) is 5.91 Å². The summed E-state index contributed by atoms with van der Waals surface area (Å²) in [5, 5.41) is 2.89. The second-order valence-corrected chi connectivity index (χ2v) is 4.48. The Morgan fingerprint density at radius 3 is 2.76 bits per heavy atom. The Bertz CT molecular complexity index is 366. The van der Waals surface area contributed by atoms with Crippen LogP contribution in [0.3, 0.4) is 0 Å². The highest BCUT2D eigenvalue weighted by Gasteiger charge is 2.17. The SMILES string of the molecule is CCCC(=O)Nc1ccc(C2CCOC2)cc1. The zero-order valence-electron chi connectivity index (χ0n) is 10.2. The van der Waals surface area contributed by atoms with Crippen molar-refractivity contribution < 1.29 is 9.53 Å². The van der Waals surface area contributed by atoms with Crippen LogP contribution in [0, 0.1) is 0 Å². The van der Waals surface area contributed by atoms with Gasteiger partial charge in [0.25, 0.3) is 0 Å². The van der Waals surface area contributed by atoms with E-state index in [0.29, 0.717) is 12.3 Å². The molecule has 1 unspecified atom stereocenters. The van der Waals surface area contributed by atoms with Crippen molar-refractivity contribution in [2.75, 3.05) is 18.5 Å². The van der Waals surface area contributed by atoms with Gasteiger partial charge in [-0.25, -0.2) is 0 Å². The van der Waals surface area contributed by atoms with Crippen LogP contribution in [0.15, 0.2) is 24.3 Å². The molecule has 0 bridgehead atoms. The summed E-state index contributed by atoms with van der Waals surface area (Å²) in [5.41, 5.74) is 2.18. The lowest BCUT2D eigenvalue weighted by Gasteiger charge is -2.09. The summed E-state index contributed by atoms with van der Waals surface area (Å²) in [6.07, 6.45) is 2.56. The molecule has 0 aromatic heterocycles. The van der Waals surface area contributed by atoms with Crippen LogP contribution >= 0.6 is 0 Å². The van der Waals surface area contributed by atoms with Crippen LogP contribution in [0.4, 0.5) is 5.69 Å². The van der Waals surface area contributed by atoms with Crippen LogP contribution in [0.1, 0.15) is 37.7 Å². The minimum Gasteiger partial charge on any atom is -0.381 e. The minimum atomic E-state index is 0.0875. The number of nitrogens with one attached hydrogen (secondary N) is 1. The van der Waals surface area contributed by atoms with E-state index in [1.807, 2.05) is 19.1 Å². The largest absolute Gasteiger partial charge is 0.381 e. The molecule has 92 valence electrons. The minimum absolute atomic E-state index is 0.0875. The molecular formula is C14H19NO2. The average Bonchev–Trinajstić information content (AvgIpc) is 2.84. The van der Waals surface area contributed by atoms with E-state index in [0.717, 1.165) is 31.7 Å². The maximum atomic E-state index is 11.4. The third-order valence-corrected chi connectivity index (χ3v) is 3.07. The molecule has 1 aliphatic heterocycles. The number of amides is 1. The second-order valence-electron chi connectivity index (χ2n) is 4.48. The highest BCUT2D eigenvalue weighted by Crippen LogP contribution is 2.26. The van der Waals surface area contributed by atoms with Gasteiger partial charge in [0, 0.05) is 24.6 Å². The first-order valence-electron chi connectivity index (χ1n) is 6.27. The topological polar surface area (TPSA) is 38.3 Å². The Morgan fingerprint density at radius 1 is 1.41 bits per heavy atom. The van der Waals surface area contributed by atoms with Crippen molar-refractivity contribution in [3.05, 3.63) is 29.8 Å². The van der Waals surface area contributed by atoms with Gasteiger partial charge >= 0.3 is 0 Å². The third-order valence-electron chi connectivity index (χ3n) is 3.07. The van der Waals surface area contributed by atoms with Gasteiger partial charge in [-0.05, 0) is 30.5 Å². The predicted molar refractivity (Wildman–Crippen MR) is 68.2 cm³/mol. The maximum Gasteiger partial charge on any atom is 0.224 e. The van der Waals surface area contributed by atoms with Crippen LogP contribution in [-0.2, 0) is 9.53 Å². The fraction of sp³-hybridized carbons (Fsp3) is 0.500. The van der Waals surface area contributed by atoms with E-state index >= 15 is 0 Å². The van der Waals surface area contributed by atoms with Gasteiger partial charge < -0.3 is 10.1 Å². The second kappa shape index (κ2) is 5.82. The maximum absolute atomic E-state index is 11.4. The van der Waals surface area contributed by atoms with Gasteiger partial charge in [-0.15, -0.1) is 0 Å².